The Bertz CT molecular complexity index is 483. The first-order valence-electron chi connectivity index (χ1n) is 5.11. The molecule has 0 bridgehead atoms. The first-order chi connectivity index (χ1) is 8.51. The fourth-order valence-corrected chi connectivity index (χ4v) is 1.29. The lowest BCUT2D eigenvalue weighted by Crippen LogP contribution is -2.03. The maximum atomic E-state index is 13.7. The number of ether oxygens (including phenoxy) is 2. The number of esters is 1. The number of benzene rings is 1. The van der Waals surface area contributed by atoms with E-state index < -0.39 is 29.1 Å². The van der Waals surface area contributed by atoms with Gasteiger partial charge in [-0.2, -0.15) is 0 Å². The van der Waals surface area contributed by atoms with Gasteiger partial charge in [0.2, 0.25) is 0 Å². The van der Waals surface area contributed by atoms with E-state index in [9.17, 15) is 18.7 Å². The zero-order valence-electron chi connectivity index (χ0n) is 9.87. The molecule has 1 aromatic rings. The van der Waals surface area contributed by atoms with Crippen LogP contribution in [0.1, 0.15) is 12.5 Å². The molecule has 0 amide bonds. The lowest BCUT2D eigenvalue weighted by Gasteiger charge is -2.07. The van der Waals surface area contributed by atoms with Gasteiger partial charge in [-0.25, -0.2) is 13.6 Å². The summed E-state index contributed by atoms with van der Waals surface area (Å²) in [4.78, 5) is 11.1. The zero-order chi connectivity index (χ0) is 13.7. The summed E-state index contributed by atoms with van der Waals surface area (Å²) in [5.74, 6) is -4.10. The van der Waals surface area contributed by atoms with E-state index >= 15 is 0 Å². The summed E-state index contributed by atoms with van der Waals surface area (Å²) in [6.07, 6.45) is 0.708. The van der Waals surface area contributed by atoms with Crippen molar-refractivity contribution in [2.45, 2.75) is 6.92 Å². The molecule has 4 nitrogen and oxygen atoms in total. The van der Waals surface area contributed by atoms with Crippen LogP contribution in [0.3, 0.4) is 0 Å². The van der Waals surface area contributed by atoms with E-state index in [4.69, 9.17) is 0 Å². The molecule has 0 aliphatic rings. The van der Waals surface area contributed by atoms with Crippen LogP contribution >= 0.6 is 0 Å². The number of methoxy groups -OCH3 is 1. The van der Waals surface area contributed by atoms with Crippen LogP contribution in [0.25, 0.3) is 5.76 Å². The van der Waals surface area contributed by atoms with Crippen LogP contribution in [0.5, 0.6) is 5.75 Å². The maximum Gasteiger partial charge on any atom is 0.334 e. The number of aliphatic hydroxyl groups excluding tert-OH is 1. The topological polar surface area (TPSA) is 55.8 Å². The van der Waals surface area contributed by atoms with Gasteiger partial charge < -0.3 is 14.6 Å². The lowest BCUT2D eigenvalue weighted by molar-refractivity contribution is -0.137. The van der Waals surface area contributed by atoms with Crippen LogP contribution in [0, 0.1) is 11.6 Å². The monoisotopic (exact) mass is 258 g/mol. The average molecular weight is 258 g/mol. The van der Waals surface area contributed by atoms with Crippen molar-refractivity contribution in [2.24, 2.45) is 0 Å². The number of hydrogen-bond donors (Lipinski definition) is 1. The third kappa shape index (κ3) is 2.97. The second kappa shape index (κ2) is 6.00. The quantitative estimate of drug-likeness (QED) is 0.512. The number of aliphatic hydroxyl groups is 1. The van der Waals surface area contributed by atoms with E-state index in [1.165, 1.54) is 0 Å². The highest BCUT2D eigenvalue weighted by molar-refractivity contribution is 5.89. The lowest BCUT2D eigenvalue weighted by atomic mass is 10.1. The van der Waals surface area contributed by atoms with E-state index in [1.807, 2.05) is 0 Å². The fourth-order valence-electron chi connectivity index (χ4n) is 1.29. The molecule has 1 aromatic carbocycles. The molecule has 0 fully saturated rings. The summed E-state index contributed by atoms with van der Waals surface area (Å²) in [6, 6.07) is 1.92. The van der Waals surface area contributed by atoms with Gasteiger partial charge in [0.25, 0.3) is 0 Å². The minimum Gasteiger partial charge on any atom is -0.507 e. The smallest absolute Gasteiger partial charge is 0.334 e. The highest BCUT2D eigenvalue weighted by Gasteiger charge is 2.17. The Morgan fingerprint density at radius 3 is 2.67 bits per heavy atom. The van der Waals surface area contributed by atoms with Crippen molar-refractivity contribution < 1.29 is 28.2 Å². The third-order valence-electron chi connectivity index (χ3n) is 2.07. The first-order valence-corrected chi connectivity index (χ1v) is 5.11. The highest BCUT2D eigenvalue weighted by Crippen LogP contribution is 2.27. The van der Waals surface area contributed by atoms with Gasteiger partial charge in [0.15, 0.2) is 17.4 Å². The molecule has 0 unspecified atom stereocenters. The second-order valence-electron chi connectivity index (χ2n) is 3.22. The number of carbonyl (C=O) groups excluding carboxylic acids is 1. The van der Waals surface area contributed by atoms with Crippen LogP contribution in [0.4, 0.5) is 8.78 Å². The highest BCUT2D eigenvalue weighted by atomic mass is 19.1. The molecule has 98 valence electrons. The van der Waals surface area contributed by atoms with Crippen LogP contribution in [0.2, 0.25) is 0 Å². The predicted octanol–water partition coefficient (Wildman–Crippen LogP) is 2.44. The molecule has 0 heterocycles. The van der Waals surface area contributed by atoms with Crippen molar-refractivity contribution >= 4 is 11.7 Å². The molecule has 0 aliphatic heterocycles. The van der Waals surface area contributed by atoms with E-state index in [0.29, 0.717) is 6.08 Å². The Morgan fingerprint density at radius 2 is 2.11 bits per heavy atom. The Balaban J connectivity index is 3.14. The summed E-state index contributed by atoms with van der Waals surface area (Å²) in [5, 5.41) is 9.55. The van der Waals surface area contributed by atoms with E-state index in [0.717, 1.165) is 19.2 Å². The van der Waals surface area contributed by atoms with Crippen molar-refractivity contribution in [3.63, 3.8) is 0 Å². The third-order valence-corrected chi connectivity index (χ3v) is 2.07. The van der Waals surface area contributed by atoms with Gasteiger partial charge in [-0.15, -0.1) is 0 Å². The van der Waals surface area contributed by atoms with Crippen molar-refractivity contribution in [1.29, 1.82) is 0 Å². The second-order valence-corrected chi connectivity index (χ2v) is 3.22. The molecule has 0 spiro atoms. The standard InChI is InChI=1S/C12H12F2O4/c1-3-18-10(16)6-9(15)7-4-5-8(13)12(17-2)11(7)14/h4-6,15H,3H2,1-2H3/b9-6-. The zero-order valence-corrected chi connectivity index (χ0v) is 9.87. The molecule has 18 heavy (non-hydrogen) atoms. The number of rotatable bonds is 4. The Morgan fingerprint density at radius 1 is 1.44 bits per heavy atom. The number of carbonyl (C=O) groups is 1. The van der Waals surface area contributed by atoms with Crippen LogP contribution in [-0.4, -0.2) is 24.8 Å². The summed E-state index contributed by atoms with van der Waals surface area (Å²) in [5.41, 5.74) is -0.346. The van der Waals surface area contributed by atoms with E-state index in [-0.39, 0.29) is 12.2 Å². The van der Waals surface area contributed by atoms with E-state index in [2.05, 4.69) is 9.47 Å². The van der Waals surface area contributed by atoms with Gasteiger partial charge in [0.05, 0.1) is 25.4 Å². The molecule has 1 N–H and O–H groups in total. The maximum absolute atomic E-state index is 13.7. The molecule has 0 radical (unpaired) electrons. The van der Waals surface area contributed by atoms with Gasteiger partial charge in [0.1, 0.15) is 5.76 Å². The van der Waals surface area contributed by atoms with Crippen LogP contribution < -0.4 is 4.74 Å². The first kappa shape index (κ1) is 14.0. The normalized spacial score (nSPS) is 11.2. The van der Waals surface area contributed by atoms with Crippen molar-refractivity contribution in [1.82, 2.24) is 0 Å². The minimum atomic E-state index is -1.09. The molecule has 1 rings (SSSR count). The fraction of sp³-hybridized carbons (Fsp3) is 0.250. The SMILES string of the molecule is CCOC(=O)/C=C(\O)c1ccc(F)c(OC)c1F. The molecular weight excluding hydrogens is 246 g/mol. The summed E-state index contributed by atoms with van der Waals surface area (Å²) in [7, 11) is 1.09. The molecule has 0 saturated carbocycles. The van der Waals surface area contributed by atoms with Gasteiger partial charge in [-0.05, 0) is 19.1 Å². The van der Waals surface area contributed by atoms with Gasteiger partial charge >= 0.3 is 5.97 Å². The molecule has 6 heteroatoms. The van der Waals surface area contributed by atoms with Crippen molar-refractivity contribution in [3.05, 3.63) is 35.4 Å². The molecule has 0 saturated heterocycles. The largest absolute Gasteiger partial charge is 0.507 e. The van der Waals surface area contributed by atoms with Gasteiger partial charge in [-0.3, -0.25) is 0 Å². The molecule has 0 aromatic heterocycles. The Kier molecular flexibility index (Phi) is 4.65. The van der Waals surface area contributed by atoms with Crippen LogP contribution in [-0.2, 0) is 9.53 Å². The van der Waals surface area contributed by atoms with Crippen molar-refractivity contribution in [2.75, 3.05) is 13.7 Å². The summed E-state index contributed by atoms with van der Waals surface area (Å²) in [6.45, 7) is 1.71. The van der Waals surface area contributed by atoms with Gasteiger partial charge in [0, 0.05) is 0 Å². The molecular formula is C12H12F2O4. The number of hydrogen-bond acceptors (Lipinski definition) is 4. The Hall–Kier alpha value is -2.11. The summed E-state index contributed by atoms with van der Waals surface area (Å²) >= 11 is 0. The minimum absolute atomic E-state index is 0.123. The average Bonchev–Trinajstić information content (AvgIpc) is 2.29. The number of halogens is 2. The van der Waals surface area contributed by atoms with E-state index in [1.54, 1.807) is 6.92 Å². The Labute approximate surface area is 102 Å². The molecule has 0 aliphatic carbocycles. The predicted molar refractivity (Wildman–Crippen MR) is 60.1 cm³/mol. The van der Waals surface area contributed by atoms with Gasteiger partial charge in [-0.1, -0.05) is 0 Å². The van der Waals surface area contributed by atoms with Crippen LogP contribution in [0.15, 0.2) is 18.2 Å². The molecule has 0 atom stereocenters. The summed E-state index contributed by atoms with van der Waals surface area (Å²) < 4.78 is 35.9. The van der Waals surface area contributed by atoms with Crippen molar-refractivity contribution in [3.8, 4) is 5.75 Å².